The van der Waals surface area contributed by atoms with Gasteiger partial charge in [-0.3, -0.25) is 0 Å². The van der Waals surface area contributed by atoms with Gasteiger partial charge in [-0.1, -0.05) is 0 Å². The molecule has 8 heavy (non-hydrogen) atoms. The van der Waals surface area contributed by atoms with Crippen LogP contribution in [0.25, 0.3) is 0 Å². The monoisotopic (exact) mass is 163 g/mol. The average molecular weight is 163 g/mol. The molecule has 0 heterocycles. The average Bonchev–Trinajstić information content (AvgIpc) is 1.90. The molecule has 0 aliphatic carbocycles. The van der Waals surface area contributed by atoms with Crippen LogP contribution >= 0.6 is 6.83 Å². The molecule has 0 nitrogen and oxygen atoms in total. The van der Waals surface area contributed by atoms with Crippen LogP contribution in [-0.4, -0.2) is 0 Å². The standard InChI is InChI=1S/C6H5P.Mn/c7-6-4-2-1-3-5-6;/h1-5H;. The molecular weight excluding hydrogens is 158 g/mol. The van der Waals surface area contributed by atoms with Crippen molar-refractivity contribution in [3.8, 4) is 0 Å². The Labute approximate surface area is 58.0 Å². The van der Waals surface area contributed by atoms with E-state index in [9.17, 15) is 0 Å². The molecule has 0 spiro atoms. The molecule has 2 heteroatoms. The fourth-order valence-corrected chi connectivity index (χ4v) is 1.30. The molecular formula is C6H5MnP. The maximum absolute atomic E-state index is 3.33. The summed E-state index contributed by atoms with van der Waals surface area (Å²) in [5.41, 5.74) is 0. The molecule has 0 bridgehead atoms. The summed E-state index contributed by atoms with van der Waals surface area (Å²) in [5.74, 6) is 0. The molecule has 0 aromatic heterocycles. The predicted octanol–water partition coefficient (Wildman–Crippen LogP) is 1.72. The van der Waals surface area contributed by atoms with Crippen LogP contribution in [0.15, 0.2) is 30.3 Å². The van der Waals surface area contributed by atoms with Crippen LogP contribution in [0, 0.1) is 0 Å². The van der Waals surface area contributed by atoms with Crippen LogP contribution in [0.1, 0.15) is 0 Å². The fourth-order valence-electron chi connectivity index (χ4n) is 0.484. The first-order valence-corrected chi connectivity index (χ1v) is 4.67. The van der Waals surface area contributed by atoms with E-state index in [-0.39, 0.29) is 0 Å². The van der Waals surface area contributed by atoms with Gasteiger partial charge in [0.1, 0.15) is 0 Å². The van der Waals surface area contributed by atoms with Gasteiger partial charge in [-0.2, -0.15) is 0 Å². The topological polar surface area (TPSA) is 0 Å². The third kappa shape index (κ3) is 1.52. The van der Waals surface area contributed by atoms with Crippen molar-refractivity contribution in [2.75, 3.05) is 0 Å². The van der Waals surface area contributed by atoms with Crippen LogP contribution in [0.4, 0.5) is 0 Å². The second-order valence-corrected chi connectivity index (χ2v) is 2.90. The Bertz CT molecular complexity index is 171. The molecule has 0 aliphatic heterocycles. The summed E-state index contributed by atoms with van der Waals surface area (Å²) in [5, 5.41) is 1.30. The fraction of sp³-hybridized carbons (Fsp3) is 0. The van der Waals surface area contributed by atoms with Gasteiger partial charge < -0.3 is 0 Å². The Morgan fingerprint density at radius 1 is 1.12 bits per heavy atom. The van der Waals surface area contributed by atoms with Crippen molar-refractivity contribution in [1.82, 2.24) is 0 Å². The van der Waals surface area contributed by atoms with Crippen molar-refractivity contribution in [2.45, 2.75) is 0 Å². The van der Waals surface area contributed by atoms with Gasteiger partial charge in [-0.05, 0) is 0 Å². The number of hydrogen-bond acceptors (Lipinski definition) is 0. The molecule has 0 saturated heterocycles. The van der Waals surface area contributed by atoms with E-state index in [1.54, 1.807) is 0 Å². The van der Waals surface area contributed by atoms with Gasteiger partial charge in [0, 0.05) is 0 Å². The first-order valence-electron chi connectivity index (χ1n) is 2.30. The van der Waals surface area contributed by atoms with Crippen LogP contribution in [0.2, 0.25) is 0 Å². The quantitative estimate of drug-likeness (QED) is 0.436. The zero-order valence-corrected chi connectivity index (χ0v) is 6.29. The van der Waals surface area contributed by atoms with Crippen molar-refractivity contribution in [2.24, 2.45) is 0 Å². The van der Waals surface area contributed by atoms with Crippen molar-refractivity contribution < 1.29 is 15.1 Å². The zero-order chi connectivity index (χ0) is 5.82. The van der Waals surface area contributed by atoms with Crippen LogP contribution < -0.4 is 5.30 Å². The summed E-state index contributed by atoms with van der Waals surface area (Å²) in [4.78, 5) is 0. The van der Waals surface area contributed by atoms with Gasteiger partial charge in [0.05, 0.1) is 0 Å². The van der Waals surface area contributed by atoms with Crippen molar-refractivity contribution >= 4 is 12.1 Å². The second kappa shape index (κ2) is 3.14. The van der Waals surface area contributed by atoms with Gasteiger partial charge in [-0.15, -0.1) is 0 Å². The molecule has 0 radical (unpaired) electrons. The number of rotatable bonds is 1. The van der Waals surface area contributed by atoms with Gasteiger partial charge in [0.25, 0.3) is 0 Å². The molecule has 0 atom stereocenters. The van der Waals surface area contributed by atoms with E-state index < -0.39 is 0 Å². The number of benzene rings is 1. The predicted molar refractivity (Wildman–Crippen MR) is 33.0 cm³/mol. The van der Waals surface area contributed by atoms with E-state index in [0.717, 1.165) is 6.83 Å². The summed E-state index contributed by atoms with van der Waals surface area (Å²) in [6.45, 7) is 1.16. The van der Waals surface area contributed by atoms with Crippen molar-refractivity contribution in [1.29, 1.82) is 0 Å². The Hall–Kier alpha value is 0.0395. The third-order valence-electron chi connectivity index (χ3n) is 0.854. The van der Waals surface area contributed by atoms with E-state index in [0.29, 0.717) is 0 Å². The van der Waals surface area contributed by atoms with Crippen LogP contribution in [0.3, 0.4) is 0 Å². The van der Waals surface area contributed by atoms with Crippen LogP contribution in [-0.2, 0) is 15.1 Å². The molecule has 0 unspecified atom stereocenters. The van der Waals surface area contributed by atoms with Gasteiger partial charge in [-0.25, -0.2) is 0 Å². The molecule has 0 N–H and O–H groups in total. The van der Waals surface area contributed by atoms with Gasteiger partial charge in [0.2, 0.25) is 0 Å². The third-order valence-corrected chi connectivity index (χ3v) is 2.26. The Morgan fingerprint density at radius 2 is 1.75 bits per heavy atom. The molecule has 41 valence electrons. The van der Waals surface area contributed by atoms with E-state index in [2.05, 4.69) is 27.2 Å². The van der Waals surface area contributed by atoms with Crippen molar-refractivity contribution in [3.05, 3.63) is 30.3 Å². The first-order chi connectivity index (χ1) is 3.93. The molecule has 1 aromatic rings. The zero-order valence-electron chi connectivity index (χ0n) is 4.21. The van der Waals surface area contributed by atoms with Gasteiger partial charge in [0.15, 0.2) is 0 Å². The Morgan fingerprint density at radius 3 is 2.12 bits per heavy atom. The van der Waals surface area contributed by atoms with E-state index in [1.807, 2.05) is 18.2 Å². The van der Waals surface area contributed by atoms with E-state index >= 15 is 0 Å². The van der Waals surface area contributed by atoms with Crippen molar-refractivity contribution in [3.63, 3.8) is 0 Å². The molecule has 0 aliphatic rings. The van der Waals surface area contributed by atoms with E-state index in [4.69, 9.17) is 0 Å². The van der Waals surface area contributed by atoms with Crippen LogP contribution in [0.5, 0.6) is 0 Å². The second-order valence-electron chi connectivity index (χ2n) is 1.42. The minimum atomic E-state index is 1.16. The minimum absolute atomic E-state index is 1.16. The molecule has 0 amide bonds. The van der Waals surface area contributed by atoms with Gasteiger partial charge >= 0.3 is 57.6 Å². The Balaban J connectivity index is 2.99. The summed E-state index contributed by atoms with van der Waals surface area (Å²) in [6, 6.07) is 10.2. The van der Waals surface area contributed by atoms with E-state index in [1.165, 1.54) is 5.30 Å². The summed E-state index contributed by atoms with van der Waals surface area (Å²) < 4.78 is 0. The molecule has 0 saturated carbocycles. The number of hydrogen-bond donors (Lipinski definition) is 0. The molecule has 1 rings (SSSR count). The normalized spacial score (nSPS) is 9.50. The summed E-state index contributed by atoms with van der Waals surface area (Å²) in [7, 11) is 0. The maximum atomic E-state index is 3.33. The summed E-state index contributed by atoms with van der Waals surface area (Å²) >= 11 is 3.33. The first kappa shape index (κ1) is 6.16. The molecule has 1 aromatic carbocycles. The molecule has 0 fully saturated rings. The SMILES string of the molecule is [Mn]=[P]c1ccccc1. The Kier molecular flexibility index (Phi) is 2.42. The summed E-state index contributed by atoms with van der Waals surface area (Å²) in [6.07, 6.45) is 0.